The van der Waals surface area contributed by atoms with Gasteiger partial charge in [-0.1, -0.05) is 5.16 Å². The molecule has 0 spiro atoms. The second kappa shape index (κ2) is 7.07. The van der Waals surface area contributed by atoms with Crippen molar-refractivity contribution in [2.45, 2.75) is 20.0 Å². The fraction of sp³-hybridized carbons (Fsp3) is 0.200. The maximum Gasteiger partial charge on any atom is 0.320 e. The second-order valence-corrected chi connectivity index (χ2v) is 5.05. The van der Waals surface area contributed by atoms with E-state index in [9.17, 15) is 13.6 Å². The van der Waals surface area contributed by atoms with Crippen molar-refractivity contribution >= 4 is 11.7 Å². The molecule has 0 fully saturated rings. The maximum atomic E-state index is 12.9. The number of carbonyl (C=O) groups is 1. The van der Waals surface area contributed by atoms with E-state index in [1.165, 1.54) is 12.4 Å². The molecule has 0 unspecified atom stereocenters. The molecule has 10 heteroatoms. The number of nitrogens with one attached hydrogen (secondary N) is 2. The number of nitrogens with zero attached hydrogens (tertiary/aromatic N) is 4. The van der Waals surface area contributed by atoms with E-state index in [0.717, 1.165) is 4.57 Å². The molecule has 3 rings (SSSR count). The van der Waals surface area contributed by atoms with E-state index >= 15 is 0 Å². The predicted octanol–water partition coefficient (Wildman–Crippen LogP) is 2.96. The fourth-order valence-electron chi connectivity index (χ4n) is 2.14. The number of hydrogen-bond donors (Lipinski definition) is 2. The SMILES string of the molecule is Cc1nc(CNC(=O)Nc2ccc(-c3nccn3C(F)F)cc2)no1. The second-order valence-electron chi connectivity index (χ2n) is 5.05. The molecule has 2 heterocycles. The Morgan fingerprint density at radius 2 is 2.08 bits per heavy atom. The van der Waals surface area contributed by atoms with Gasteiger partial charge in [0.05, 0.1) is 6.54 Å². The van der Waals surface area contributed by atoms with Gasteiger partial charge in [-0.25, -0.2) is 9.78 Å². The van der Waals surface area contributed by atoms with Crippen molar-refractivity contribution in [2.75, 3.05) is 5.32 Å². The van der Waals surface area contributed by atoms with Crippen molar-refractivity contribution in [3.05, 3.63) is 48.4 Å². The molecule has 130 valence electrons. The van der Waals surface area contributed by atoms with Crippen molar-refractivity contribution in [2.24, 2.45) is 0 Å². The molecule has 0 aliphatic heterocycles. The minimum absolute atomic E-state index is 0.118. The number of hydrogen-bond acceptors (Lipinski definition) is 5. The number of aryl methyl sites for hydroxylation is 1. The summed E-state index contributed by atoms with van der Waals surface area (Å²) in [7, 11) is 0. The van der Waals surface area contributed by atoms with E-state index in [1.807, 2.05) is 0 Å². The normalized spacial score (nSPS) is 10.9. The summed E-state index contributed by atoms with van der Waals surface area (Å²) in [5.41, 5.74) is 1.01. The van der Waals surface area contributed by atoms with Crippen molar-refractivity contribution in [3.63, 3.8) is 0 Å². The van der Waals surface area contributed by atoms with Crippen LogP contribution in [0.15, 0.2) is 41.2 Å². The van der Waals surface area contributed by atoms with Gasteiger partial charge in [-0.3, -0.25) is 4.57 Å². The molecule has 0 radical (unpaired) electrons. The minimum atomic E-state index is -2.67. The first kappa shape index (κ1) is 16.6. The zero-order valence-corrected chi connectivity index (χ0v) is 13.1. The lowest BCUT2D eigenvalue weighted by Gasteiger charge is -2.08. The Morgan fingerprint density at radius 3 is 2.72 bits per heavy atom. The van der Waals surface area contributed by atoms with Crippen molar-refractivity contribution < 1.29 is 18.1 Å². The van der Waals surface area contributed by atoms with E-state index in [-0.39, 0.29) is 12.4 Å². The fourth-order valence-corrected chi connectivity index (χ4v) is 2.14. The van der Waals surface area contributed by atoms with Crippen molar-refractivity contribution in [1.29, 1.82) is 0 Å². The Morgan fingerprint density at radius 1 is 1.32 bits per heavy atom. The third-order valence-electron chi connectivity index (χ3n) is 3.26. The highest BCUT2D eigenvalue weighted by Crippen LogP contribution is 2.24. The minimum Gasteiger partial charge on any atom is -0.340 e. The van der Waals surface area contributed by atoms with E-state index < -0.39 is 12.6 Å². The van der Waals surface area contributed by atoms with E-state index in [4.69, 9.17) is 4.52 Å². The highest BCUT2D eigenvalue weighted by Gasteiger charge is 2.13. The van der Waals surface area contributed by atoms with Gasteiger partial charge >= 0.3 is 12.6 Å². The molecular weight excluding hydrogens is 334 g/mol. The summed E-state index contributed by atoms with van der Waals surface area (Å²) in [6.07, 6.45) is 2.51. The number of alkyl halides is 2. The van der Waals surface area contributed by atoms with Crippen LogP contribution in [0.25, 0.3) is 11.4 Å². The van der Waals surface area contributed by atoms with Crippen LogP contribution in [0.2, 0.25) is 0 Å². The lowest BCUT2D eigenvalue weighted by molar-refractivity contribution is 0.0720. The van der Waals surface area contributed by atoms with Gasteiger partial charge in [0, 0.05) is 30.6 Å². The first-order chi connectivity index (χ1) is 12.0. The van der Waals surface area contributed by atoms with Gasteiger partial charge in [0.25, 0.3) is 0 Å². The molecule has 0 saturated heterocycles. The molecule has 0 aliphatic carbocycles. The molecule has 2 aromatic heterocycles. The molecule has 0 bridgehead atoms. The first-order valence-electron chi connectivity index (χ1n) is 7.28. The number of benzene rings is 1. The van der Waals surface area contributed by atoms with Gasteiger partial charge in [-0.2, -0.15) is 13.8 Å². The lowest BCUT2D eigenvalue weighted by Crippen LogP contribution is -2.28. The van der Waals surface area contributed by atoms with E-state index in [0.29, 0.717) is 23.0 Å². The Labute approximate surface area is 140 Å². The van der Waals surface area contributed by atoms with Crippen LogP contribution in [0.3, 0.4) is 0 Å². The molecule has 8 nitrogen and oxygen atoms in total. The Kier molecular flexibility index (Phi) is 4.68. The summed E-state index contributed by atoms with van der Waals surface area (Å²) in [6.45, 7) is -0.903. The zero-order valence-electron chi connectivity index (χ0n) is 13.1. The summed E-state index contributed by atoms with van der Waals surface area (Å²) in [5.74, 6) is 0.926. The number of halogens is 2. The number of imidazole rings is 1. The van der Waals surface area contributed by atoms with Crippen LogP contribution in [0, 0.1) is 6.92 Å². The predicted molar refractivity (Wildman–Crippen MR) is 83.8 cm³/mol. The van der Waals surface area contributed by atoms with Crippen molar-refractivity contribution in [1.82, 2.24) is 25.0 Å². The maximum absolute atomic E-state index is 12.9. The molecule has 1 aromatic carbocycles. The highest BCUT2D eigenvalue weighted by atomic mass is 19.3. The van der Waals surface area contributed by atoms with E-state index in [2.05, 4.69) is 25.8 Å². The van der Waals surface area contributed by atoms with E-state index in [1.54, 1.807) is 31.2 Å². The third kappa shape index (κ3) is 3.97. The Bertz CT molecular complexity index is 859. The Balaban J connectivity index is 1.60. The number of rotatable bonds is 5. The average molecular weight is 348 g/mol. The summed E-state index contributed by atoms with van der Waals surface area (Å²) in [4.78, 5) is 19.7. The summed E-state index contributed by atoms with van der Waals surface area (Å²) in [6, 6.07) is 5.93. The number of anilines is 1. The lowest BCUT2D eigenvalue weighted by atomic mass is 10.2. The van der Waals surface area contributed by atoms with Gasteiger partial charge in [0.1, 0.15) is 5.82 Å². The summed E-state index contributed by atoms with van der Waals surface area (Å²) in [5, 5.41) is 8.85. The van der Waals surface area contributed by atoms with Gasteiger partial charge < -0.3 is 15.2 Å². The quantitative estimate of drug-likeness (QED) is 0.739. The first-order valence-corrected chi connectivity index (χ1v) is 7.28. The molecule has 0 saturated carbocycles. The molecule has 25 heavy (non-hydrogen) atoms. The number of urea groups is 1. The standard InChI is InChI=1S/C15H14F2N6O2/c1-9-20-12(22-25-9)8-19-15(24)21-11-4-2-10(3-5-11)13-18-6-7-23(13)14(16)17/h2-7,14H,8H2,1H3,(H2,19,21,24). The molecule has 3 aromatic rings. The van der Waals surface area contributed by atoms with Crippen LogP contribution in [-0.4, -0.2) is 25.7 Å². The zero-order chi connectivity index (χ0) is 17.8. The van der Waals surface area contributed by atoms with Crippen LogP contribution in [0.4, 0.5) is 19.3 Å². The topological polar surface area (TPSA) is 97.9 Å². The van der Waals surface area contributed by atoms with Gasteiger partial charge in [-0.15, -0.1) is 0 Å². The number of carbonyl (C=O) groups excluding carboxylic acids is 1. The van der Waals surface area contributed by atoms with Crippen LogP contribution < -0.4 is 10.6 Å². The summed E-state index contributed by atoms with van der Waals surface area (Å²) >= 11 is 0. The van der Waals surface area contributed by atoms with Crippen molar-refractivity contribution in [3.8, 4) is 11.4 Å². The highest BCUT2D eigenvalue weighted by molar-refractivity contribution is 5.89. The molecule has 2 amide bonds. The summed E-state index contributed by atoms with van der Waals surface area (Å²) < 4.78 is 31.3. The number of amides is 2. The van der Waals surface area contributed by atoms with Gasteiger partial charge in [0.2, 0.25) is 5.89 Å². The molecular formula is C15H14F2N6O2. The smallest absolute Gasteiger partial charge is 0.320 e. The molecule has 2 N–H and O–H groups in total. The molecule has 0 aliphatic rings. The Hall–Kier alpha value is -3.30. The largest absolute Gasteiger partial charge is 0.340 e. The van der Waals surface area contributed by atoms with Gasteiger partial charge in [-0.05, 0) is 24.3 Å². The average Bonchev–Trinajstić information content (AvgIpc) is 3.22. The molecule has 0 atom stereocenters. The van der Waals surface area contributed by atoms with Crippen LogP contribution in [-0.2, 0) is 6.54 Å². The number of aromatic nitrogens is 4. The van der Waals surface area contributed by atoms with Crippen LogP contribution >= 0.6 is 0 Å². The van der Waals surface area contributed by atoms with Crippen LogP contribution in [0.1, 0.15) is 18.3 Å². The van der Waals surface area contributed by atoms with Crippen LogP contribution in [0.5, 0.6) is 0 Å². The van der Waals surface area contributed by atoms with Gasteiger partial charge in [0.15, 0.2) is 5.82 Å². The monoisotopic (exact) mass is 348 g/mol. The third-order valence-corrected chi connectivity index (χ3v) is 3.26.